The smallest absolute Gasteiger partial charge is 0.125 e. The Morgan fingerprint density at radius 2 is 2.18 bits per heavy atom. The van der Waals surface area contributed by atoms with Crippen LogP contribution in [0.5, 0.6) is 0 Å². The molecular weight excluding hydrogens is 144 g/mol. The van der Waals surface area contributed by atoms with E-state index in [-0.39, 0.29) is 0 Å². The summed E-state index contributed by atoms with van der Waals surface area (Å²) in [7, 11) is 0. The minimum Gasteiger partial charge on any atom is -0.376 e. The van der Waals surface area contributed by atoms with Gasteiger partial charge in [-0.05, 0) is 25.8 Å². The lowest BCUT2D eigenvalue weighted by Gasteiger charge is -2.00. The summed E-state index contributed by atoms with van der Waals surface area (Å²) in [4.78, 5) is 9.36. The molecule has 0 unspecified atom stereocenters. The molecule has 1 aliphatic carbocycles. The van der Waals surface area contributed by atoms with E-state index >= 15 is 0 Å². The maximum atomic E-state index is 5.30. The van der Waals surface area contributed by atoms with Crippen molar-refractivity contribution in [3.8, 4) is 0 Å². The molecule has 0 radical (unpaired) electrons. The summed E-state index contributed by atoms with van der Waals surface area (Å²) >= 11 is 0. The van der Waals surface area contributed by atoms with Gasteiger partial charge in [0.15, 0.2) is 0 Å². The fourth-order valence-corrected chi connectivity index (χ4v) is 0.626. The molecule has 3 heteroatoms. The van der Waals surface area contributed by atoms with Gasteiger partial charge in [-0.25, -0.2) is 0 Å². The van der Waals surface area contributed by atoms with Gasteiger partial charge >= 0.3 is 0 Å². The molecule has 1 rings (SSSR count). The monoisotopic (exact) mass is 158 g/mol. The number of ether oxygens (including phenoxy) is 1. The highest BCUT2D eigenvalue weighted by Crippen LogP contribution is 2.22. The third kappa shape index (κ3) is 4.81. The van der Waals surface area contributed by atoms with E-state index in [4.69, 9.17) is 9.62 Å². The molecule has 0 bridgehead atoms. The van der Waals surface area contributed by atoms with Crippen molar-refractivity contribution in [1.82, 2.24) is 0 Å². The van der Waals surface area contributed by atoms with Gasteiger partial charge in [-0.2, -0.15) is 4.89 Å². The average molecular weight is 158 g/mol. The van der Waals surface area contributed by atoms with Crippen molar-refractivity contribution >= 4 is 0 Å². The molecule has 0 heterocycles. The molecular formula is C8H14O3. The first-order valence-electron chi connectivity index (χ1n) is 3.94. The van der Waals surface area contributed by atoms with E-state index < -0.39 is 0 Å². The molecule has 0 aromatic heterocycles. The zero-order valence-corrected chi connectivity index (χ0v) is 6.79. The molecule has 3 nitrogen and oxygen atoms in total. The molecule has 0 saturated heterocycles. The molecule has 0 N–H and O–H groups in total. The fraction of sp³-hybridized carbons (Fsp3) is 0.750. The molecule has 0 aromatic rings. The second-order valence-electron chi connectivity index (χ2n) is 2.46. The van der Waals surface area contributed by atoms with Crippen molar-refractivity contribution in [2.24, 2.45) is 0 Å². The third-order valence-electron chi connectivity index (χ3n) is 1.30. The van der Waals surface area contributed by atoms with Gasteiger partial charge in [0, 0.05) is 0 Å². The predicted molar refractivity (Wildman–Crippen MR) is 40.8 cm³/mol. The zero-order valence-electron chi connectivity index (χ0n) is 6.79. The van der Waals surface area contributed by atoms with Crippen LogP contribution in [0.4, 0.5) is 0 Å². The van der Waals surface area contributed by atoms with Crippen molar-refractivity contribution in [1.29, 1.82) is 0 Å². The minimum absolute atomic E-state index is 0.500. The highest BCUT2D eigenvalue weighted by molar-refractivity contribution is 4.72. The Labute approximate surface area is 66.9 Å². The number of rotatable bonds is 6. The summed E-state index contributed by atoms with van der Waals surface area (Å²) in [5.41, 5.74) is 0. The predicted octanol–water partition coefficient (Wildman–Crippen LogP) is 1.65. The van der Waals surface area contributed by atoms with Gasteiger partial charge in [0.2, 0.25) is 0 Å². The summed E-state index contributed by atoms with van der Waals surface area (Å²) in [6, 6.07) is 0. The first-order valence-corrected chi connectivity index (χ1v) is 3.94. The number of allylic oxidation sites excluding steroid dienone is 1. The van der Waals surface area contributed by atoms with E-state index in [1.807, 2.05) is 6.92 Å². The Hall–Kier alpha value is -0.540. The lowest BCUT2D eigenvalue weighted by Crippen LogP contribution is -2.04. The number of hydrogen-bond acceptors (Lipinski definition) is 3. The molecule has 11 heavy (non-hydrogen) atoms. The molecule has 1 saturated carbocycles. The first-order chi connectivity index (χ1) is 5.43. The summed E-state index contributed by atoms with van der Waals surface area (Å²) in [5.74, 6) is 0. The third-order valence-corrected chi connectivity index (χ3v) is 1.30. The Balaban J connectivity index is 1.72. The SMILES string of the molecule is C/C=C/OOCCOC1CC1. The van der Waals surface area contributed by atoms with Crippen LogP contribution in [0.1, 0.15) is 19.8 Å². The maximum absolute atomic E-state index is 5.30. The highest BCUT2D eigenvalue weighted by atomic mass is 17.2. The molecule has 1 aliphatic rings. The lowest BCUT2D eigenvalue weighted by atomic mass is 10.7. The van der Waals surface area contributed by atoms with Crippen molar-refractivity contribution in [2.45, 2.75) is 25.9 Å². The molecule has 1 fully saturated rings. The van der Waals surface area contributed by atoms with Crippen molar-refractivity contribution in [3.63, 3.8) is 0 Å². The molecule has 0 amide bonds. The Morgan fingerprint density at radius 1 is 1.36 bits per heavy atom. The van der Waals surface area contributed by atoms with Gasteiger partial charge in [-0.1, -0.05) is 0 Å². The van der Waals surface area contributed by atoms with Crippen LogP contribution in [-0.4, -0.2) is 19.3 Å². The maximum Gasteiger partial charge on any atom is 0.125 e. The molecule has 0 aliphatic heterocycles. The van der Waals surface area contributed by atoms with Crippen molar-refractivity contribution in [2.75, 3.05) is 13.2 Å². The van der Waals surface area contributed by atoms with E-state index in [0.29, 0.717) is 19.3 Å². The minimum atomic E-state index is 0.500. The van der Waals surface area contributed by atoms with E-state index in [0.717, 1.165) is 0 Å². The van der Waals surface area contributed by atoms with Crippen LogP contribution in [0.15, 0.2) is 12.3 Å². The quantitative estimate of drug-likeness (QED) is 0.254. The van der Waals surface area contributed by atoms with Crippen LogP contribution in [0.3, 0.4) is 0 Å². The van der Waals surface area contributed by atoms with Crippen LogP contribution in [0.2, 0.25) is 0 Å². The van der Waals surface area contributed by atoms with E-state index in [2.05, 4.69) is 4.89 Å². The Bertz CT molecular complexity index is 119. The normalized spacial score (nSPS) is 17.5. The second-order valence-corrected chi connectivity index (χ2v) is 2.46. The van der Waals surface area contributed by atoms with Crippen LogP contribution >= 0.6 is 0 Å². The van der Waals surface area contributed by atoms with Gasteiger partial charge in [-0.15, -0.1) is 0 Å². The van der Waals surface area contributed by atoms with Crippen LogP contribution in [0, 0.1) is 0 Å². The highest BCUT2D eigenvalue weighted by Gasteiger charge is 2.21. The molecule has 0 spiro atoms. The first kappa shape index (κ1) is 8.56. The second kappa shape index (κ2) is 5.16. The zero-order chi connectivity index (χ0) is 7.94. The Kier molecular flexibility index (Phi) is 4.01. The molecule has 64 valence electrons. The van der Waals surface area contributed by atoms with Crippen molar-refractivity contribution < 1.29 is 14.5 Å². The summed E-state index contributed by atoms with van der Waals surface area (Å²) < 4.78 is 5.30. The standard InChI is InChI=1S/C8H14O3/c1-2-5-10-11-7-6-9-8-3-4-8/h2,5,8H,3-4,6-7H2,1H3/b5-2+. The Morgan fingerprint density at radius 3 is 2.82 bits per heavy atom. The largest absolute Gasteiger partial charge is 0.376 e. The van der Waals surface area contributed by atoms with Gasteiger partial charge in [0.25, 0.3) is 0 Å². The molecule has 0 aromatic carbocycles. The fourth-order valence-electron chi connectivity index (χ4n) is 0.626. The van der Waals surface area contributed by atoms with Crippen LogP contribution in [0.25, 0.3) is 0 Å². The topological polar surface area (TPSA) is 27.7 Å². The van der Waals surface area contributed by atoms with E-state index in [1.165, 1.54) is 19.1 Å². The van der Waals surface area contributed by atoms with E-state index in [9.17, 15) is 0 Å². The number of hydrogen-bond donors (Lipinski definition) is 0. The summed E-state index contributed by atoms with van der Waals surface area (Å²) in [6.45, 7) is 2.99. The van der Waals surface area contributed by atoms with Gasteiger partial charge in [0.1, 0.15) is 12.9 Å². The van der Waals surface area contributed by atoms with Gasteiger partial charge < -0.3 is 9.62 Å². The summed E-state index contributed by atoms with van der Waals surface area (Å²) in [5, 5.41) is 0. The molecule has 0 atom stereocenters. The van der Waals surface area contributed by atoms with Crippen molar-refractivity contribution in [3.05, 3.63) is 12.3 Å². The lowest BCUT2D eigenvalue weighted by molar-refractivity contribution is -0.255. The van der Waals surface area contributed by atoms with Gasteiger partial charge in [-0.3, -0.25) is 0 Å². The van der Waals surface area contributed by atoms with Gasteiger partial charge in [0.05, 0.1) is 12.7 Å². The van der Waals surface area contributed by atoms with Crippen LogP contribution < -0.4 is 0 Å². The van der Waals surface area contributed by atoms with E-state index in [1.54, 1.807) is 6.08 Å². The average Bonchev–Trinajstić information content (AvgIpc) is 2.80. The summed E-state index contributed by atoms with van der Waals surface area (Å²) in [6.07, 6.45) is 6.17. The van der Waals surface area contributed by atoms with Crippen LogP contribution in [-0.2, 0) is 14.5 Å².